The van der Waals surface area contributed by atoms with E-state index in [1.54, 1.807) is 11.1 Å². The Balaban J connectivity index is 1.81. The Labute approximate surface area is 125 Å². The highest BCUT2D eigenvalue weighted by Gasteiger charge is 2.18. The van der Waals surface area contributed by atoms with Gasteiger partial charge in [0, 0.05) is 31.9 Å². The molecule has 1 aromatic heterocycles. The molecule has 0 unspecified atom stereocenters. The number of nitrogens with zero attached hydrogens (tertiary/aromatic N) is 3. The Kier molecular flexibility index (Phi) is 5.78. The largest absolute Gasteiger partial charge is 0.347 e. The molecule has 2 rings (SSSR count). The quantitative estimate of drug-likeness (QED) is 0.890. The number of carbonyl (C=O) groups excluding carboxylic acids is 2. The molecule has 1 aromatic rings. The van der Waals surface area contributed by atoms with Gasteiger partial charge < -0.3 is 14.8 Å². The lowest BCUT2D eigenvalue weighted by Gasteiger charge is -2.24. The predicted octanol–water partition coefficient (Wildman–Crippen LogP) is 1.31. The molecule has 1 aliphatic heterocycles. The standard InChI is InChI=1S/C15H24N4O2/c1-2-18-10-8-16-13(18)11-17-14(20)12-19-9-6-4-3-5-7-15(19)21/h8,10H,2-7,9,11-12H2,1H3,(H,17,20). The minimum Gasteiger partial charge on any atom is -0.347 e. The van der Waals surface area contributed by atoms with E-state index in [0.29, 0.717) is 19.5 Å². The average Bonchev–Trinajstić information content (AvgIpc) is 2.92. The molecule has 116 valence electrons. The van der Waals surface area contributed by atoms with Crippen molar-refractivity contribution in [3.63, 3.8) is 0 Å². The van der Waals surface area contributed by atoms with E-state index in [1.807, 2.05) is 17.7 Å². The van der Waals surface area contributed by atoms with Crippen molar-refractivity contribution in [2.75, 3.05) is 13.1 Å². The third-order valence-electron chi connectivity index (χ3n) is 3.84. The monoisotopic (exact) mass is 292 g/mol. The molecule has 0 bridgehead atoms. The highest BCUT2D eigenvalue weighted by atomic mass is 16.2. The zero-order valence-electron chi connectivity index (χ0n) is 12.7. The van der Waals surface area contributed by atoms with Gasteiger partial charge in [-0.2, -0.15) is 0 Å². The van der Waals surface area contributed by atoms with Crippen LogP contribution in [0.5, 0.6) is 0 Å². The first-order valence-electron chi connectivity index (χ1n) is 7.75. The van der Waals surface area contributed by atoms with E-state index in [1.165, 1.54) is 0 Å². The van der Waals surface area contributed by atoms with E-state index >= 15 is 0 Å². The molecule has 2 heterocycles. The van der Waals surface area contributed by atoms with Crippen molar-refractivity contribution in [2.45, 2.75) is 52.1 Å². The summed E-state index contributed by atoms with van der Waals surface area (Å²) in [4.78, 5) is 29.9. The van der Waals surface area contributed by atoms with Crippen LogP contribution in [0.4, 0.5) is 0 Å². The van der Waals surface area contributed by atoms with Gasteiger partial charge in [0.25, 0.3) is 0 Å². The smallest absolute Gasteiger partial charge is 0.239 e. The minimum absolute atomic E-state index is 0.0971. The van der Waals surface area contributed by atoms with Crippen LogP contribution in [-0.2, 0) is 22.7 Å². The lowest BCUT2D eigenvalue weighted by molar-refractivity contribution is -0.136. The van der Waals surface area contributed by atoms with Crippen LogP contribution in [0.2, 0.25) is 0 Å². The number of hydrogen-bond donors (Lipinski definition) is 1. The summed E-state index contributed by atoms with van der Waals surface area (Å²) in [6, 6.07) is 0. The summed E-state index contributed by atoms with van der Waals surface area (Å²) < 4.78 is 1.99. The first kappa shape index (κ1) is 15.5. The number of hydrogen-bond acceptors (Lipinski definition) is 3. The van der Waals surface area contributed by atoms with Gasteiger partial charge >= 0.3 is 0 Å². The van der Waals surface area contributed by atoms with Crippen LogP contribution in [0.15, 0.2) is 12.4 Å². The number of aryl methyl sites for hydroxylation is 1. The molecule has 1 fully saturated rings. The molecule has 1 aliphatic rings. The lowest BCUT2D eigenvalue weighted by Crippen LogP contribution is -2.41. The molecule has 0 aromatic carbocycles. The fourth-order valence-electron chi connectivity index (χ4n) is 2.58. The van der Waals surface area contributed by atoms with Crippen LogP contribution in [-0.4, -0.2) is 39.4 Å². The van der Waals surface area contributed by atoms with E-state index in [2.05, 4.69) is 10.3 Å². The summed E-state index contributed by atoms with van der Waals surface area (Å²) in [5.74, 6) is 0.819. The van der Waals surface area contributed by atoms with Gasteiger partial charge in [0.15, 0.2) is 0 Å². The zero-order chi connectivity index (χ0) is 15.1. The van der Waals surface area contributed by atoms with Gasteiger partial charge in [-0.05, 0) is 19.8 Å². The van der Waals surface area contributed by atoms with Gasteiger partial charge in [0.1, 0.15) is 5.82 Å². The second kappa shape index (κ2) is 7.81. The molecule has 6 nitrogen and oxygen atoms in total. The predicted molar refractivity (Wildman–Crippen MR) is 79.4 cm³/mol. The average molecular weight is 292 g/mol. The third-order valence-corrected chi connectivity index (χ3v) is 3.84. The third kappa shape index (κ3) is 4.58. The molecular weight excluding hydrogens is 268 g/mol. The number of aromatic nitrogens is 2. The number of carbonyl (C=O) groups is 2. The molecule has 0 atom stereocenters. The van der Waals surface area contributed by atoms with E-state index in [0.717, 1.165) is 38.1 Å². The maximum atomic E-state index is 12.0. The van der Waals surface area contributed by atoms with Gasteiger partial charge in [-0.3, -0.25) is 9.59 Å². The molecular formula is C15H24N4O2. The normalized spacial score (nSPS) is 16.4. The number of likely N-dealkylation sites (tertiary alicyclic amines) is 1. The molecule has 21 heavy (non-hydrogen) atoms. The summed E-state index contributed by atoms with van der Waals surface area (Å²) in [6.45, 7) is 4.12. The van der Waals surface area contributed by atoms with Crippen molar-refractivity contribution in [1.29, 1.82) is 0 Å². The van der Waals surface area contributed by atoms with Crippen molar-refractivity contribution in [3.05, 3.63) is 18.2 Å². The van der Waals surface area contributed by atoms with Gasteiger partial charge in [0.2, 0.25) is 11.8 Å². The van der Waals surface area contributed by atoms with E-state index in [4.69, 9.17) is 0 Å². The van der Waals surface area contributed by atoms with Crippen LogP contribution in [0.25, 0.3) is 0 Å². The van der Waals surface area contributed by atoms with Crippen LogP contribution in [0.3, 0.4) is 0 Å². The van der Waals surface area contributed by atoms with Crippen LogP contribution < -0.4 is 5.32 Å². The molecule has 6 heteroatoms. The molecule has 0 spiro atoms. The first-order valence-corrected chi connectivity index (χ1v) is 7.75. The van der Waals surface area contributed by atoms with E-state index < -0.39 is 0 Å². The Hall–Kier alpha value is -1.85. The van der Waals surface area contributed by atoms with Gasteiger partial charge in [-0.1, -0.05) is 12.8 Å². The molecule has 1 N–H and O–H groups in total. The highest BCUT2D eigenvalue weighted by molar-refractivity contribution is 5.84. The Bertz CT molecular complexity index is 484. The fourth-order valence-corrected chi connectivity index (χ4v) is 2.58. The summed E-state index contributed by atoms with van der Waals surface area (Å²) in [5, 5.41) is 2.85. The number of imidazole rings is 1. The number of nitrogens with one attached hydrogen (secondary N) is 1. The summed E-state index contributed by atoms with van der Waals surface area (Å²) in [5.41, 5.74) is 0. The number of amides is 2. The SMILES string of the molecule is CCn1ccnc1CNC(=O)CN1CCCCCCC1=O. The van der Waals surface area contributed by atoms with Gasteiger partial charge in [0.05, 0.1) is 13.1 Å². The van der Waals surface area contributed by atoms with E-state index in [-0.39, 0.29) is 18.4 Å². The van der Waals surface area contributed by atoms with E-state index in [9.17, 15) is 9.59 Å². The van der Waals surface area contributed by atoms with Crippen molar-refractivity contribution >= 4 is 11.8 Å². The number of rotatable bonds is 5. The summed E-state index contributed by atoms with van der Waals surface area (Å²) >= 11 is 0. The molecule has 0 saturated carbocycles. The molecule has 1 saturated heterocycles. The highest BCUT2D eigenvalue weighted by Crippen LogP contribution is 2.11. The topological polar surface area (TPSA) is 67.2 Å². The minimum atomic E-state index is -0.116. The second-order valence-corrected chi connectivity index (χ2v) is 5.39. The van der Waals surface area contributed by atoms with Crippen molar-refractivity contribution < 1.29 is 9.59 Å². The Morgan fingerprint density at radius 1 is 1.33 bits per heavy atom. The zero-order valence-corrected chi connectivity index (χ0v) is 12.7. The molecule has 0 aliphatic carbocycles. The molecule has 2 amide bonds. The summed E-state index contributed by atoms with van der Waals surface area (Å²) in [7, 11) is 0. The lowest BCUT2D eigenvalue weighted by atomic mass is 10.1. The Morgan fingerprint density at radius 2 is 2.14 bits per heavy atom. The van der Waals surface area contributed by atoms with Gasteiger partial charge in [-0.15, -0.1) is 0 Å². The molecule has 0 radical (unpaired) electrons. The first-order chi connectivity index (χ1) is 10.2. The maximum absolute atomic E-state index is 12.0. The van der Waals surface area contributed by atoms with Crippen LogP contribution in [0.1, 0.15) is 44.9 Å². The maximum Gasteiger partial charge on any atom is 0.239 e. The summed E-state index contributed by atoms with van der Waals surface area (Å²) in [6.07, 6.45) is 8.36. The second-order valence-electron chi connectivity index (χ2n) is 5.39. The van der Waals surface area contributed by atoms with Crippen LogP contribution >= 0.6 is 0 Å². The van der Waals surface area contributed by atoms with Gasteiger partial charge in [-0.25, -0.2) is 4.98 Å². The fraction of sp³-hybridized carbons (Fsp3) is 0.667. The Morgan fingerprint density at radius 3 is 2.95 bits per heavy atom. The van der Waals surface area contributed by atoms with Crippen molar-refractivity contribution in [2.24, 2.45) is 0 Å². The van der Waals surface area contributed by atoms with Crippen molar-refractivity contribution in [3.8, 4) is 0 Å². The van der Waals surface area contributed by atoms with Crippen molar-refractivity contribution in [1.82, 2.24) is 19.8 Å². The van der Waals surface area contributed by atoms with Crippen LogP contribution in [0, 0.1) is 0 Å².